The van der Waals surface area contributed by atoms with Crippen molar-refractivity contribution in [2.75, 3.05) is 6.54 Å². The Kier molecular flexibility index (Phi) is 7.18. The van der Waals surface area contributed by atoms with E-state index in [4.69, 9.17) is 9.84 Å². The van der Waals surface area contributed by atoms with Gasteiger partial charge in [0.05, 0.1) is 6.10 Å². The van der Waals surface area contributed by atoms with Crippen LogP contribution in [0.15, 0.2) is 36.4 Å². The van der Waals surface area contributed by atoms with Crippen LogP contribution in [0.3, 0.4) is 0 Å². The van der Waals surface area contributed by atoms with Crippen molar-refractivity contribution in [3.63, 3.8) is 0 Å². The first kappa shape index (κ1) is 21.6. The number of carbonyl (C=O) groups is 1. The lowest BCUT2D eigenvalue weighted by Gasteiger charge is -2.37. The van der Waals surface area contributed by atoms with Gasteiger partial charge in [-0.15, -0.1) is 0 Å². The highest BCUT2D eigenvalue weighted by molar-refractivity contribution is 5.84. The standard InChI is InChI=1S/C25H35NO3/c1-25(2,3)21-9-12-22(13-10-21)29-23-11-8-19-15-18(6-7-20(19)16-23)17-26-14-4-5-24(27)28/h6-8,11,15-16,21-22,26H,4-5,9-10,12-14,17H2,1-3H3,(H,27,28). The summed E-state index contributed by atoms with van der Waals surface area (Å²) in [5, 5.41) is 14.4. The average Bonchev–Trinajstić information content (AvgIpc) is 2.67. The lowest BCUT2D eigenvalue weighted by atomic mass is 9.72. The van der Waals surface area contributed by atoms with Crippen LogP contribution in [-0.4, -0.2) is 23.7 Å². The van der Waals surface area contributed by atoms with Gasteiger partial charge in [0, 0.05) is 13.0 Å². The molecule has 0 heterocycles. The van der Waals surface area contributed by atoms with Crippen molar-refractivity contribution in [1.82, 2.24) is 5.32 Å². The summed E-state index contributed by atoms with van der Waals surface area (Å²) in [7, 11) is 0. The molecule has 1 aliphatic carbocycles. The molecule has 29 heavy (non-hydrogen) atoms. The number of rotatable bonds is 8. The van der Waals surface area contributed by atoms with Crippen molar-refractivity contribution in [1.29, 1.82) is 0 Å². The van der Waals surface area contributed by atoms with E-state index >= 15 is 0 Å². The maximum Gasteiger partial charge on any atom is 0.303 e. The van der Waals surface area contributed by atoms with Crippen LogP contribution in [0.4, 0.5) is 0 Å². The normalized spacial score (nSPS) is 20.0. The van der Waals surface area contributed by atoms with Gasteiger partial charge in [-0.3, -0.25) is 4.79 Å². The summed E-state index contributed by atoms with van der Waals surface area (Å²) >= 11 is 0. The second kappa shape index (κ2) is 9.62. The zero-order valence-corrected chi connectivity index (χ0v) is 18.0. The van der Waals surface area contributed by atoms with Crippen LogP contribution < -0.4 is 10.1 Å². The smallest absolute Gasteiger partial charge is 0.303 e. The molecule has 0 radical (unpaired) electrons. The van der Waals surface area contributed by atoms with Gasteiger partial charge in [0.1, 0.15) is 5.75 Å². The second-order valence-electron chi connectivity index (χ2n) is 9.47. The van der Waals surface area contributed by atoms with Gasteiger partial charge in [-0.25, -0.2) is 0 Å². The van der Waals surface area contributed by atoms with Crippen LogP contribution in [0.1, 0.15) is 64.9 Å². The molecule has 0 aromatic heterocycles. The quantitative estimate of drug-likeness (QED) is 0.555. The van der Waals surface area contributed by atoms with Gasteiger partial charge in [0.2, 0.25) is 0 Å². The van der Waals surface area contributed by atoms with Crippen molar-refractivity contribution >= 4 is 16.7 Å². The Morgan fingerprint density at radius 1 is 1.07 bits per heavy atom. The number of fused-ring (bicyclic) bond motifs is 1. The summed E-state index contributed by atoms with van der Waals surface area (Å²) in [6, 6.07) is 12.8. The predicted molar refractivity (Wildman–Crippen MR) is 118 cm³/mol. The molecule has 2 N–H and O–H groups in total. The Balaban J connectivity index is 1.52. The Labute approximate surface area is 174 Å². The molecule has 1 aliphatic rings. The van der Waals surface area contributed by atoms with Crippen molar-refractivity contribution in [3.8, 4) is 5.75 Å². The van der Waals surface area contributed by atoms with Gasteiger partial charge < -0.3 is 15.2 Å². The molecule has 2 aromatic rings. The third-order valence-corrected chi connectivity index (χ3v) is 6.15. The van der Waals surface area contributed by atoms with E-state index in [2.05, 4.69) is 62.5 Å². The summed E-state index contributed by atoms with van der Waals surface area (Å²) in [6.45, 7) is 8.52. The molecular weight excluding hydrogens is 362 g/mol. The molecule has 4 nitrogen and oxygen atoms in total. The molecule has 158 valence electrons. The van der Waals surface area contributed by atoms with Gasteiger partial charge in [-0.05, 0) is 84.5 Å². The first-order chi connectivity index (χ1) is 13.8. The lowest BCUT2D eigenvalue weighted by molar-refractivity contribution is -0.137. The minimum absolute atomic E-state index is 0.214. The minimum Gasteiger partial charge on any atom is -0.490 e. The first-order valence-corrected chi connectivity index (χ1v) is 10.9. The highest BCUT2D eigenvalue weighted by Gasteiger charge is 2.30. The second-order valence-corrected chi connectivity index (χ2v) is 9.47. The van der Waals surface area contributed by atoms with Crippen molar-refractivity contribution in [2.45, 2.75) is 71.9 Å². The van der Waals surface area contributed by atoms with Crippen LogP contribution in [0, 0.1) is 11.3 Å². The van der Waals surface area contributed by atoms with E-state index in [9.17, 15) is 4.79 Å². The molecular formula is C25H35NO3. The van der Waals surface area contributed by atoms with Gasteiger partial charge in [0.25, 0.3) is 0 Å². The fraction of sp³-hybridized carbons (Fsp3) is 0.560. The molecule has 0 saturated heterocycles. The minimum atomic E-state index is -0.738. The number of ether oxygens (including phenoxy) is 1. The Morgan fingerprint density at radius 2 is 1.76 bits per heavy atom. The highest BCUT2D eigenvalue weighted by Crippen LogP contribution is 2.39. The molecule has 1 saturated carbocycles. The number of benzene rings is 2. The number of nitrogens with one attached hydrogen (secondary N) is 1. The third-order valence-electron chi connectivity index (χ3n) is 6.15. The van der Waals surface area contributed by atoms with Gasteiger partial charge in [-0.1, -0.05) is 39.0 Å². The fourth-order valence-electron chi connectivity index (χ4n) is 4.29. The molecule has 2 aromatic carbocycles. The molecule has 3 rings (SSSR count). The largest absolute Gasteiger partial charge is 0.490 e. The maximum atomic E-state index is 10.5. The van der Waals surface area contributed by atoms with E-state index in [-0.39, 0.29) is 6.42 Å². The summed E-state index contributed by atoms with van der Waals surface area (Å²) in [6.07, 6.45) is 6.00. The SMILES string of the molecule is CC(C)(C)C1CCC(Oc2ccc3cc(CNCCCC(=O)O)ccc3c2)CC1. The van der Waals surface area contributed by atoms with Gasteiger partial charge >= 0.3 is 5.97 Å². The van der Waals surface area contributed by atoms with Crippen molar-refractivity contribution < 1.29 is 14.6 Å². The monoisotopic (exact) mass is 397 g/mol. The summed E-state index contributed by atoms with van der Waals surface area (Å²) in [4.78, 5) is 10.5. The molecule has 4 heteroatoms. The van der Waals surface area contributed by atoms with Crippen LogP contribution in [0.5, 0.6) is 5.75 Å². The van der Waals surface area contributed by atoms with Crippen LogP contribution in [0.2, 0.25) is 0 Å². The van der Waals surface area contributed by atoms with E-state index in [1.807, 2.05) is 0 Å². The molecule has 1 fully saturated rings. The summed E-state index contributed by atoms with van der Waals surface area (Å²) < 4.78 is 6.31. The number of aliphatic carboxylic acids is 1. The first-order valence-electron chi connectivity index (χ1n) is 10.9. The van der Waals surface area contributed by atoms with E-state index in [0.29, 0.717) is 24.5 Å². The van der Waals surface area contributed by atoms with E-state index in [0.717, 1.165) is 31.1 Å². The Hall–Kier alpha value is -2.07. The lowest BCUT2D eigenvalue weighted by Crippen LogP contribution is -2.30. The third kappa shape index (κ3) is 6.46. The van der Waals surface area contributed by atoms with Gasteiger partial charge in [0.15, 0.2) is 0 Å². The molecule has 0 aliphatic heterocycles. The Morgan fingerprint density at radius 3 is 2.45 bits per heavy atom. The van der Waals surface area contributed by atoms with E-state index < -0.39 is 5.97 Å². The van der Waals surface area contributed by atoms with Crippen LogP contribution >= 0.6 is 0 Å². The Bertz CT molecular complexity index is 816. The molecule has 0 unspecified atom stereocenters. The van der Waals surface area contributed by atoms with Crippen molar-refractivity contribution in [2.24, 2.45) is 11.3 Å². The number of carboxylic acids is 1. The zero-order chi connectivity index (χ0) is 20.9. The topological polar surface area (TPSA) is 58.6 Å². The highest BCUT2D eigenvalue weighted by atomic mass is 16.5. The fourth-order valence-corrected chi connectivity index (χ4v) is 4.29. The van der Waals surface area contributed by atoms with Crippen molar-refractivity contribution in [3.05, 3.63) is 42.0 Å². The van der Waals surface area contributed by atoms with Gasteiger partial charge in [-0.2, -0.15) is 0 Å². The molecule has 0 spiro atoms. The zero-order valence-electron chi connectivity index (χ0n) is 18.0. The van der Waals surface area contributed by atoms with Crippen LogP contribution in [-0.2, 0) is 11.3 Å². The molecule has 0 amide bonds. The molecule has 0 atom stereocenters. The number of hydrogen-bond acceptors (Lipinski definition) is 3. The average molecular weight is 398 g/mol. The van der Waals surface area contributed by atoms with Crippen LogP contribution in [0.25, 0.3) is 10.8 Å². The predicted octanol–water partition coefficient (Wildman–Crippen LogP) is 5.78. The summed E-state index contributed by atoms with van der Waals surface area (Å²) in [5.74, 6) is 1.03. The van der Waals surface area contributed by atoms with E-state index in [1.54, 1.807) is 0 Å². The number of hydrogen-bond donors (Lipinski definition) is 2. The summed E-state index contributed by atoms with van der Waals surface area (Å²) in [5.41, 5.74) is 1.61. The molecule has 0 bridgehead atoms. The number of carboxylic acid groups (broad SMARTS) is 1. The van der Waals surface area contributed by atoms with E-state index in [1.165, 1.54) is 29.2 Å². The maximum absolute atomic E-state index is 10.5.